The molecule has 0 radical (unpaired) electrons. The summed E-state index contributed by atoms with van der Waals surface area (Å²) < 4.78 is 1.55. The van der Waals surface area contributed by atoms with Gasteiger partial charge in [0.25, 0.3) is 5.56 Å². The third-order valence-electron chi connectivity index (χ3n) is 4.23. The third-order valence-corrected chi connectivity index (χ3v) is 6.01. The largest absolute Gasteiger partial charge is 0.325 e. The smallest absolute Gasteiger partial charge is 0.263 e. The van der Waals surface area contributed by atoms with Gasteiger partial charge in [-0.05, 0) is 34.6 Å². The lowest BCUT2D eigenvalue weighted by Gasteiger charge is -2.19. The maximum Gasteiger partial charge on any atom is 0.263 e. The number of nitrogens with zero attached hydrogens (tertiary/aromatic N) is 2. The van der Waals surface area contributed by atoms with Gasteiger partial charge in [0, 0.05) is 12.2 Å². The number of aromatic nitrogens is 2. The number of nitrogens with one attached hydrogen (secondary N) is 1. The molecule has 0 aliphatic carbocycles. The van der Waals surface area contributed by atoms with E-state index >= 15 is 0 Å². The lowest BCUT2D eigenvalue weighted by molar-refractivity contribution is -0.113. The van der Waals surface area contributed by atoms with Gasteiger partial charge >= 0.3 is 0 Å². The number of amides is 1. The number of anilines is 1. The van der Waals surface area contributed by atoms with Gasteiger partial charge < -0.3 is 5.32 Å². The van der Waals surface area contributed by atoms with Gasteiger partial charge in [-0.3, -0.25) is 14.2 Å². The molecule has 0 unspecified atom stereocenters. The second-order valence-corrected chi connectivity index (χ2v) is 9.24. The Morgan fingerprint density at radius 1 is 1.29 bits per heavy atom. The van der Waals surface area contributed by atoms with Crippen LogP contribution in [0.1, 0.15) is 26.3 Å². The van der Waals surface area contributed by atoms with Crippen molar-refractivity contribution in [1.82, 2.24) is 9.55 Å². The quantitative estimate of drug-likeness (QED) is 0.362. The van der Waals surface area contributed by atoms with Crippen LogP contribution in [0.25, 0.3) is 10.2 Å². The van der Waals surface area contributed by atoms with Crippen molar-refractivity contribution in [3.8, 4) is 0 Å². The van der Waals surface area contributed by atoms with Crippen LogP contribution < -0.4 is 10.9 Å². The summed E-state index contributed by atoms with van der Waals surface area (Å²) in [6.45, 7) is 10.5. The monoisotopic (exact) mass is 413 g/mol. The molecule has 0 fully saturated rings. The van der Waals surface area contributed by atoms with Gasteiger partial charge in [-0.25, -0.2) is 4.98 Å². The Labute approximate surface area is 172 Å². The summed E-state index contributed by atoms with van der Waals surface area (Å²) in [4.78, 5) is 30.2. The van der Waals surface area contributed by atoms with Crippen LogP contribution >= 0.6 is 23.1 Å². The van der Waals surface area contributed by atoms with Gasteiger partial charge in [0.15, 0.2) is 5.16 Å². The number of allylic oxidation sites excluding steroid dienone is 1. The Balaban J connectivity index is 1.71. The first-order valence-electron chi connectivity index (χ1n) is 8.91. The van der Waals surface area contributed by atoms with Crippen molar-refractivity contribution in [3.63, 3.8) is 0 Å². The van der Waals surface area contributed by atoms with Crippen molar-refractivity contribution in [2.45, 2.75) is 37.9 Å². The fraction of sp³-hybridized carbons (Fsp3) is 0.286. The zero-order valence-electron chi connectivity index (χ0n) is 16.2. The van der Waals surface area contributed by atoms with Crippen molar-refractivity contribution < 1.29 is 4.79 Å². The number of carbonyl (C=O) groups is 1. The number of hydrogen-bond donors (Lipinski definition) is 1. The van der Waals surface area contributed by atoms with Gasteiger partial charge in [-0.15, -0.1) is 17.9 Å². The lowest BCUT2D eigenvalue weighted by atomic mass is 9.87. The van der Waals surface area contributed by atoms with Gasteiger partial charge in [0.1, 0.15) is 4.83 Å². The molecule has 2 heterocycles. The maximum atomic E-state index is 12.6. The van der Waals surface area contributed by atoms with E-state index in [2.05, 4.69) is 37.7 Å². The van der Waals surface area contributed by atoms with Crippen molar-refractivity contribution in [2.75, 3.05) is 11.1 Å². The SMILES string of the molecule is C=CCn1c(SCC(=O)Nc2ccc(C(C)(C)C)cc2)nc2sccc2c1=O. The maximum absolute atomic E-state index is 12.6. The molecule has 1 aromatic carbocycles. The number of rotatable bonds is 6. The molecule has 1 N–H and O–H groups in total. The first kappa shape index (κ1) is 20.4. The minimum atomic E-state index is -0.140. The highest BCUT2D eigenvalue weighted by atomic mass is 32.2. The number of carbonyl (C=O) groups excluding carboxylic acids is 1. The van der Waals surface area contributed by atoms with Crippen molar-refractivity contribution in [1.29, 1.82) is 0 Å². The second-order valence-electron chi connectivity index (χ2n) is 7.40. The third kappa shape index (κ3) is 4.54. The zero-order chi connectivity index (χ0) is 20.3. The van der Waals surface area contributed by atoms with E-state index in [4.69, 9.17) is 0 Å². The van der Waals surface area contributed by atoms with Crippen molar-refractivity contribution in [3.05, 3.63) is 64.3 Å². The highest BCUT2D eigenvalue weighted by molar-refractivity contribution is 7.99. The average Bonchev–Trinajstić information content (AvgIpc) is 3.11. The Morgan fingerprint density at radius 3 is 2.64 bits per heavy atom. The molecule has 7 heteroatoms. The van der Waals surface area contributed by atoms with E-state index < -0.39 is 0 Å². The number of benzene rings is 1. The van der Waals surface area contributed by atoms with E-state index in [0.717, 1.165) is 5.69 Å². The molecule has 0 spiro atoms. The van der Waals surface area contributed by atoms with Crippen LogP contribution in [0.3, 0.4) is 0 Å². The fourth-order valence-corrected chi connectivity index (χ4v) is 4.32. The van der Waals surface area contributed by atoms with Crippen LogP contribution in [-0.2, 0) is 16.8 Å². The summed E-state index contributed by atoms with van der Waals surface area (Å²) in [5.41, 5.74) is 1.93. The molecule has 0 aliphatic heterocycles. The Hall–Kier alpha value is -2.38. The van der Waals surface area contributed by atoms with Crippen molar-refractivity contribution in [2.24, 2.45) is 0 Å². The van der Waals surface area contributed by atoms with Crippen molar-refractivity contribution >= 4 is 44.9 Å². The minimum absolute atomic E-state index is 0.0688. The number of thiophene rings is 1. The van der Waals surface area contributed by atoms with Gasteiger partial charge in [0.2, 0.25) is 5.91 Å². The Bertz CT molecular complexity index is 1060. The summed E-state index contributed by atoms with van der Waals surface area (Å²) in [6.07, 6.45) is 1.65. The highest BCUT2D eigenvalue weighted by Crippen LogP contribution is 2.24. The van der Waals surface area contributed by atoms with Crippen LogP contribution in [0.15, 0.2) is 58.3 Å². The predicted octanol–water partition coefficient (Wildman–Crippen LogP) is 4.67. The first-order valence-corrected chi connectivity index (χ1v) is 10.8. The van der Waals surface area contributed by atoms with Gasteiger partial charge in [-0.1, -0.05) is 50.7 Å². The predicted molar refractivity (Wildman–Crippen MR) is 119 cm³/mol. The minimum Gasteiger partial charge on any atom is -0.325 e. The second kappa shape index (κ2) is 8.32. The molecule has 3 aromatic rings. The molecule has 5 nitrogen and oxygen atoms in total. The molecule has 0 aliphatic rings. The molecule has 146 valence electrons. The molecule has 0 saturated heterocycles. The summed E-state index contributed by atoms with van der Waals surface area (Å²) in [7, 11) is 0. The van der Waals surface area contributed by atoms with E-state index in [9.17, 15) is 9.59 Å². The lowest BCUT2D eigenvalue weighted by Crippen LogP contribution is -2.23. The van der Waals surface area contributed by atoms with E-state index in [1.165, 1.54) is 28.7 Å². The van der Waals surface area contributed by atoms with Gasteiger partial charge in [0.05, 0.1) is 11.1 Å². The molecule has 1 amide bonds. The molecular weight excluding hydrogens is 390 g/mol. The number of thioether (sulfide) groups is 1. The van der Waals surface area contributed by atoms with Crippen LogP contribution in [0.4, 0.5) is 5.69 Å². The van der Waals surface area contributed by atoms with E-state index in [1.54, 1.807) is 16.7 Å². The van der Waals surface area contributed by atoms with E-state index in [-0.39, 0.29) is 22.6 Å². The number of hydrogen-bond acceptors (Lipinski definition) is 5. The highest BCUT2D eigenvalue weighted by Gasteiger charge is 2.15. The average molecular weight is 414 g/mol. The molecule has 28 heavy (non-hydrogen) atoms. The fourth-order valence-electron chi connectivity index (χ4n) is 2.71. The summed E-state index contributed by atoms with van der Waals surface area (Å²) in [6, 6.07) is 9.64. The topological polar surface area (TPSA) is 64.0 Å². The standard InChI is InChI=1S/C21H23N3O2S2/c1-5-11-24-19(26)16-10-12-27-18(16)23-20(24)28-13-17(25)22-15-8-6-14(7-9-15)21(2,3)4/h5-10,12H,1,11,13H2,2-4H3,(H,22,25). The Morgan fingerprint density at radius 2 is 2.00 bits per heavy atom. The summed E-state index contributed by atoms with van der Waals surface area (Å²) >= 11 is 2.67. The first-order chi connectivity index (χ1) is 13.3. The molecule has 0 atom stereocenters. The molecular formula is C21H23N3O2S2. The normalized spacial score (nSPS) is 11.5. The van der Waals surface area contributed by atoms with Crippen LogP contribution in [-0.4, -0.2) is 21.2 Å². The molecule has 2 aromatic heterocycles. The van der Waals surface area contributed by atoms with Crippen LogP contribution in [0, 0.1) is 0 Å². The summed E-state index contributed by atoms with van der Waals surface area (Å²) in [5.74, 6) is 0.0285. The Kier molecular flexibility index (Phi) is 6.05. The van der Waals surface area contributed by atoms with Gasteiger partial charge in [-0.2, -0.15) is 0 Å². The van der Waals surface area contributed by atoms with Crippen LogP contribution in [0.2, 0.25) is 0 Å². The molecule has 0 saturated carbocycles. The van der Waals surface area contributed by atoms with E-state index in [0.29, 0.717) is 21.9 Å². The van der Waals surface area contributed by atoms with Crippen LogP contribution in [0.5, 0.6) is 0 Å². The number of fused-ring (bicyclic) bond motifs is 1. The summed E-state index contributed by atoms with van der Waals surface area (Å²) in [5, 5.41) is 5.87. The zero-order valence-corrected chi connectivity index (χ0v) is 17.8. The molecule has 0 bridgehead atoms. The molecule has 3 rings (SSSR count). The van der Waals surface area contributed by atoms with E-state index in [1.807, 2.05) is 29.6 Å².